The molecule has 5 rings (SSSR count). The van der Waals surface area contributed by atoms with Gasteiger partial charge in [0, 0.05) is 10.9 Å². The Morgan fingerprint density at radius 1 is 1.21 bits per heavy atom. The van der Waals surface area contributed by atoms with Crippen LogP contribution in [0.4, 0.5) is 0 Å². The molecule has 0 radical (unpaired) electrons. The summed E-state index contributed by atoms with van der Waals surface area (Å²) in [4.78, 5) is 18.2. The number of halogens is 1. The minimum Gasteiger partial charge on any atom is -0.299 e. The van der Waals surface area contributed by atoms with Crippen molar-refractivity contribution >= 4 is 35.5 Å². The third kappa shape index (κ3) is 2.99. The van der Waals surface area contributed by atoms with Crippen LogP contribution in [0.1, 0.15) is 17.3 Å². The molecule has 1 aliphatic heterocycles. The van der Waals surface area contributed by atoms with Gasteiger partial charge in [0.05, 0.1) is 38.0 Å². The molecule has 0 bridgehead atoms. The quantitative estimate of drug-likeness (QED) is 0.385. The van der Waals surface area contributed by atoms with Crippen LogP contribution in [-0.4, -0.2) is 21.4 Å². The van der Waals surface area contributed by atoms with E-state index in [1.165, 1.54) is 11.3 Å². The van der Waals surface area contributed by atoms with Gasteiger partial charge in [-0.3, -0.25) is 18.5 Å². The van der Waals surface area contributed by atoms with Crippen molar-refractivity contribution in [1.82, 2.24) is 14.1 Å². The smallest absolute Gasteiger partial charge is 0.261 e. The van der Waals surface area contributed by atoms with Crippen LogP contribution in [0.3, 0.4) is 0 Å². The van der Waals surface area contributed by atoms with Gasteiger partial charge >= 0.3 is 0 Å². The zero-order valence-electron chi connectivity index (χ0n) is 16.7. The van der Waals surface area contributed by atoms with Gasteiger partial charge in [0.2, 0.25) is 0 Å². The van der Waals surface area contributed by atoms with Crippen molar-refractivity contribution in [1.29, 1.82) is 0 Å². The first-order valence-corrected chi connectivity index (χ1v) is 10.5. The second-order valence-electron chi connectivity index (χ2n) is 8.27. The van der Waals surface area contributed by atoms with Crippen molar-refractivity contribution < 1.29 is 4.57 Å². The minimum absolute atomic E-state index is 0.0351. The minimum atomic E-state index is -0.532. The van der Waals surface area contributed by atoms with Crippen molar-refractivity contribution in [2.75, 3.05) is 0 Å². The van der Waals surface area contributed by atoms with Crippen LogP contribution in [-0.2, 0) is 20.6 Å². The Balaban J connectivity index is 1.69. The predicted octanol–water partition coefficient (Wildman–Crippen LogP) is 1.64. The fraction of sp³-hybridized carbons (Fsp3) is 0.227. The summed E-state index contributed by atoms with van der Waals surface area (Å²) in [5.41, 5.74) is 3.29. The Bertz CT molecular complexity index is 1260. The lowest BCUT2D eigenvalue weighted by Crippen LogP contribution is -2.51. The van der Waals surface area contributed by atoms with Gasteiger partial charge in [-0.05, 0) is 30.3 Å². The predicted molar refractivity (Wildman–Crippen MR) is 118 cm³/mol. The van der Waals surface area contributed by atoms with Gasteiger partial charge in [-0.25, -0.2) is 4.98 Å². The normalized spacial score (nSPS) is 18.3. The third-order valence-electron chi connectivity index (χ3n) is 6.59. The van der Waals surface area contributed by atoms with E-state index in [4.69, 9.17) is 16.6 Å². The van der Waals surface area contributed by atoms with Gasteiger partial charge < -0.3 is 0 Å². The zero-order valence-corrected chi connectivity index (χ0v) is 17.5. The molecule has 7 heteroatoms. The van der Waals surface area contributed by atoms with Gasteiger partial charge in [0.15, 0.2) is 0 Å². The lowest BCUT2D eigenvalue weighted by molar-refractivity contribution is -0.653. The number of rotatable bonds is 3. The van der Waals surface area contributed by atoms with Crippen LogP contribution in [0.15, 0.2) is 65.7 Å². The number of hydrogen-bond donors (Lipinski definition) is 0. The molecule has 3 heterocycles. The molecule has 1 aliphatic rings. The number of fused-ring (bicyclic) bond motifs is 2. The first-order valence-electron chi connectivity index (χ1n) is 10.1. The molecular formula is C22H22BClN4O. The topological polar surface area (TPSA) is 43.7 Å². The van der Waals surface area contributed by atoms with Gasteiger partial charge in [0.25, 0.3) is 5.56 Å². The SMILES string of the molecule is Cn1cc[n+](C)c1[BH2-][C@H]1Cn2c(nc3cc(Cl)ccc3c2=O)[C@@H]1c1ccccc1. The van der Waals surface area contributed by atoms with Crippen molar-refractivity contribution in [2.45, 2.75) is 18.3 Å². The highest BCUT2D eigenvalue weighted by atomic mass is 35.5. The number of nitrogens with zero attached hydrogens (tertiary/aromatic N) is 4. The van der Waals surface area contributed by atoms with Gasteiger partial charge in [0.1, 0.15) is 18.2 Å². The largest absolute Gasteiger partial charge is 0.299 e. The molecule has 2 atom stereocenters. The molecule has 5 nitrogen and oxygen atoms in total. The summed E-state index contributed by atoms with van der Waals surface area (Å²) in [5.74, 6) is 1.34. The van der Waals surface area contributed by atoms with Gasteiger partial charge in [-0.1, -0.05) is 41.9 Å². The highest BCUT2D eigenvalue weighted by molar-refractivity contribution is 6.52. The van der Waals surface area contributed by atoms with Gasteiger partial charge in [-0.2, -0.15) is 0 Å². The van der Waals surface area contributed by atoms with E-state index in [2.05, 4.69) is 59.9 Å². The number of hydrogen-bond acceptors (Lipinski definition) is 2. The van der Waals surface area contributed by atoms with E-state index in [-0.39, 0.29) is 11.5 Å². The van der Waals surface area contributed by atoms with Crippen molar-refractivity contribution in [3.63, 3.8) is 0 Å². The monoisotopic (exact) mass is 404 g/mol. The van der Waals surface area contributed by atoms with E-state index in [0.717, 1.165) is 5.82 Å². The van der Waals surface area contributed by atoms with Crippen molar-refractivity contribution in [3.8, 4) is 0 Å². The molecule has 0 unspecified atom stereocenters. The van der Waals surface area contributed by atoms with E-state index in [0.29, 0.717) is 28.3 Å². The standard InChI is InChI=1S/C22H22BClN4O/c1-26-10-11-27(2)22(26)23-17-13-28-20(19(17)14-6-4-3-5-7-14)25-18-12-15(24)8-9-16(18)21(28)29/h3-12,17,19H,13,23H2,1-2H3/t17-,19+/m0/s1. The average Bonchev–Trinajstić information content (AvgIpc) is 3.23. The summed E-state index contributed by atoms with van der Waals surface area (Å²) in [6.07, 6.45) is 4.19. The van der Waals surface area contributed by atoms with E-state index < -0.39 is 7.28 Å². The summed E-state index contributed by atoms with van der Waals surface area (Å²) in [7, 11) is 3.66. The molecular weight excluding hydrogens is 383 g/mol. The Morgan fingerprint density at radius 3 is 2.72 bits per heavy atom. The van der Waals surface area contributed by atoms with Gasteiger partial charge in [-0.15, -0.1) is 5.82 Å². The van der Waals surface area contributed by atoms with Crippen LogP contribution >= 0.6 is 11.6 Å². The fourth-order valence-electron chi connectivity index (χ4n) is 5.07. The van der Waals surface area contributed by atoms with Crippen LogP contribution in [0.25, 0.3) is 10.9 Å². The molecule has 146 valence electrons. The second-order valence-corrected chi connectivity index (χ2v) is 8.71. The van der Waals surface area contributed by atoms with E-state index >= 15 is 0 Å². The molecule has 4 aromatic rings. The molecule has 0 saturated carbocycles. The summed E-state index contributed by atoms with van der Waals surface area (Å²) < 4.78 is 6.31. The average molecular weight is 405 g/mol. The first-order chi connectivity index (χ1) is 14.0. The van der Waals surface area contributed by atoms with Crippen molar-refractivity contribution in [3.05, 3.63) is 87.7 Å². The number of aryl methyl sites for hydroxylation is 2. The van der Waals surface area contributed by atoms with Crippen molar-refractivity contribution in [2.24, 2.45) is 14.1 Å². The Labute approximate surface area is 174 Å². The number of benzene rings is 2. The van der Waals surface area contributed by atoms with Crippen LogP contribution in [0.2, 0.25) is 10.8 Å². The molecule has 0 saturated heterocycles. The second kappa shape index (κ2) is 6.88. The van der Waals surface area contributed by atoms with Crippen LogP contribution in [0.5, 0.6) is 0 Å². The number of imidazole rings is 1. The molecule has 2 aromatic heterocycles. The fourth-order valence-corrected chi connectivity index (χ4v) is 5.24. The highest BCUT2D eigenvalue weighted by Crippen LogP contribution is 2.40. The van der Waals surface area contributed by atoms with Crippen LogP contribution in [0, 0.1) is 0 Å². The summed E-state index contributed by atoms with van der Waals surface area (Å²) in [6.45, 7) is 0.713. The highest BCUT2D eigenvalue weighted by Gasteiger charge is 2.34. The maximum absolute atomic E-state index is 13.3. The third-order valence-corrected chi connectivity index (χ3v) is 6.82. The summed E-state index contributed by atoms with van der Waals surface area (Å²) in [5, 5.41) is 1.24. The zero-order chi connectivity index (χ0) is 20.1. The molecule has 0 N–H and O–H groups in total. The van der Waals surface area contributed by atoms with Crippen LogP contribution < -0.4 is 15.9 Å². The molecule has 29 heavy (non-hydrogen) atoms. The Kier molecular flexibility index (Phi) is 4.32. The molecule has 0 amide bonds. The lowest BCUT2D eigenvalue weighted by Gasteiger charge is -2.22. The number of aromatic nitrogens is 4. The summed E-state index contributed by atoms with van der Waals surface area (Å²) >= 11 is 6.19. The maximum atomic E-state index is 13.3. The lowest BCUT2D eigenvalue weighted by atomic mass is 9.58. The van der Waals surface area contributed by atoms with E-state index in [1.807, 2.05) is 10.6 Å². The molecule has 0 fully saturated rings. The first kappa shape index (κ1) is 18.2. The summed E-state index contributed by atoms with van der Waals surface area (Å²) in [6, 6.07) is 15.8. The maximum Gasteiger partial charge on any atom is 0.261 e. The van der Waals surface area contributed by atoms with E-state index in [9.17, 15) is 4.79 Å². The molecule has 0 spiro atoms. The Hall–Kier alpha value is -2.86. The molecule has 2 aromatic carbocycles. The molecule has 0 aliphatic carbocycles. The van der Waals surface area contributed by atoms with E-state index in [1.54, 1.807) is 18.2 Å². The Morgan fingerprint density at radius 2 is 2.00 bits per heavy atom.